The van der Waals surface area contributed by atoms with E-state index in [0.29, 0.717) is 21.8 Å². The molecule has 1 aromatic carbocycles. The van der Waals surface area contributed by atoms with Crippen LogP contribution in [0.15, 0.2) is 36.7 Å². The molecule has 4 nitrogen and oxygen atoms in total. The third-order valence-corrected chi connectivity index (χ3v) is 5.25. The summed E-state index contributed by atoms with van der Waals surface area (Å²) in [4.78, 5) is 16.7. The topological polar surface area (TPSA) is 46.9 Å². The van der Waals surface area contributed by atoms with Gasteiger partial charge in [0.1, 0.15) is 15.8 Å². The summed E-state index contributed by atoms with van der Waals surface area (Å²) in [6, 6.07) is 4.52. The highest BCUT2D eigenvalue weighted by molar-refractivity contribution is 7.19. The second kappa shape index (κ2) is 8.77. The second-order valence-electron chi connectivity index (χ2n) is 7.20. The molecule has 0 aliphatic heterocycles. The predicted octanol–water partition coefficient (Wildman–Crippen LogP) is 6.26. The summed E-state index contributed by atoms with van der Waals surface area (Å²) in [6.07, 6.45) is -0.986. The monoisotopic (exact) mass is 459 g/mol. The number of hydrogen-bond acceptors (Lipinski definition) is 3. The lowest BCUT2D eigenvalue weighted by molar-refractivity contribution is -0.140. The van der Waals surface area contributed by atoms with Crippen molar-refractivity contribution in [2.24, 2.45) is 5.92 Å². The molecule has 0 unspecified atom stereocenters. The highest BCUT2D eigenvalue weighted by Gasteiger charge is 2.34. The van der Waals surface area contributed by atoms with Crippen LogP contribution in [0.25, 0.3) is 0 Å². The Balaban J connectivity index is 1.93. The molecule has 0 spiro atoms. The van der Waals surface area contributed by atoms with E-state index < -0.39 is 23.5 Å². The molecule has 0 saturated heterocycles. The molecule has 0 aliphatic carbocycles. The first kappa shape index (κ1) is 22.3. The Hall–Kier alpha value is -2.39. The first-order chi connectivity index (χ1) is 14.0. The number of alkyl halides is 3. The van der Waals surface area contributed by atoms with Crippen molar-refractivity contribution in [2.45, 2.75) is 33.0 Å². The molecule has 0 radical (unpaired) electrons. The summed E-state index contributed by atoms with van der Waals surface area (Å²) in [5.41, 5.74) is 0.0140. The highest BCUT2D eigenvalue weighted by atomic mass is 35.5. The van der Waals surface area contributed by atoms with Gasteiger partial charge >= 0.3 is 6.18 Å². The van der Waals surface area contributed by atoms with Gasteiger partial charge in [0.2, 0.25) is 0 Å². The molecule has 0 atom stereocenters. The van der Waals surface area contributed by atoms with Crippen LogP contribution in [-0.2, 0) is 19.1 Å². The molecule has 10 heteroatoms. The normalized spacial score (nSPS) is 11.9. The van der Waals surface area contributed by atoms with E-state index in [1.807, 2.05) is 13.8 Å². The van der Waals surface area contributed by atoms with Crippen molar-refractivity contribution in [3.05, 3.63) is 69.2 Å². The Labute approximate surface area is 179 Å². The molecule has 3 rings (SSSR count). The van der Waals surface area contributed by atoms with Crippen LogP contribution in [0.1, 0.15) is 41.0 Å². The number of carbonyl (C=O) groups excluding carboxylic acids is 1. The predicted molar refractivity (Wildman–Crippen MR) is 109 cm³/mol. The van der Waals surface area contributed by atoms with Crippen LogP contribution in [0.4, 0.5) is 22.7 Å². The molecule has 2 aromatic heterocycles. The van der Waals surface area contributed by atoms with E-state index in [4.69, 9.17) is 11.6 Å². The molecule has 0 aliphatic rings. The van der Waals surface area contributed by atoms with Gasteiger partial charge in [-0.3, -0.25) is 10.1 Å². The average molecular weight is 460 g/mol. The number of halogens is 5. The number of carbonyl (C=O) groups is 1. The molecular formula is C20H18ClF4N3OS. The number of nitrogens with zero attached hydrogens (tertiary/aromatic N) is 2. The summed E-state index contributed by atoms with van der Waals surface area (Å²) in [5.74, 6) is -1.48. The van der Waals surface area contributed by atoms with Gasteiger partial charge in [0.05, 0.1) is 11.8 Å². The van der Waals surface area contributed by atoms with Gasteiger partial charge in [-0.15, -0.1) is 0 Å². The molecular weight excluding hydrogens is 442 g/mol. The summed E-state index contributed by atoms with van der Waals surface area (Å²) in [6.45, 7) is 4.01. The first-order valence-electron chi connectivity index (χ1n) is 9.00. The lowest BCUT2D eigenvalue weighted by atomic mass is 10.1. The molecule has 2 heterocycles. The molecule has 3 aromatic rings. The Morgan fingerprint density at radius 1 is 1.27 bits per heavy atom. The van der Waals surface area contributed by atoms with E-state index in [-0.39, 0.29) is 17.8 Å². The number of aromatic nitrogens is 2. The van der Waals surface area contributed by atoms with Crippen molar-refractivity contribution < 1.29 is 22.4 Å². The van der Waals surface area contributed by atoms with Crippen LogP contribution in [0, 0.1) is 11.7 Å². The van der Waals surface area contributed by atoms with Crippen LogP contribution in [0.2, 0.25) is 4.34 Å². The van der Waals surface area contributed by atoms with E-state index in [1.165, 1.54) is 12.3 Å². The quantitative estimate of drug-likeness (QED) is 0.442. The standard InChI is InChI=1S/C20H18ClF4N3OS/c1-11(2)5-13-7-16(18(29)27-19-26-8-17(21)30-19)28(10-13)9-12-3-4-15(22)14(6-12)20(23,24)25/h3-4,6-8,10-11H,5,9H2,1-2H3,(H,26,27,29). The number of amides is 1. The van der Waals surface area contributed by atoms with Crippen molar-refractivity contribution in [3.8, 4) is 0 Å². The Morgan fingerprint density at radius 2 is 2.00 bits per heavy atom. The van der Waals surface area contributed by atoms with Gasteiger partial charge in [-0.25, -0.2) is 9.37 Å². The van der Waals surface area contributed by atoms with Crippen molar-refractivity contribution in [1.82, 2.24) is 9.55 Å². The fourth-order valence-corrected chi connectivity index (χ4v) is 3.84. The van der Waals surface area contributed by atoms with Crippen molar-refractivity contribution in [3.63, 3.8) is 0 Å². The summed E-state index contributed by atoms with van der Waals surface area (Å²) < 4.78 is 54.7. The first-order valence-corrected chi connectivity index (χ1v) is 10.2. The van der Waals surface area contributed by atoms with Crippen LogP contribution >= 0.6 is 22.9 Å². The van der Waals surface area contributed by atoms with Crippen molar-refractivity contribution >= 4 is 34.0 Å². The number of benzene rings is 1. The minimum Gasteiger partial charge on any atom is -0.339 e. The van der Waals surface area contributed by atoms with Crippen LogP contribution in [0.3, 0.4) is 0 Å². The van der Waals surface area contributed by atoms with Crippen molar-refractivity contribution in [2.75, 3.05) is 5.32 Å². The Kier molecular flexibility index (Phi) is 6.52. The van der Waals surface area contributed by atoms with Gasteiger partial charge in [0, 0.05) is 12.7 Å². The van der Waals surface area contributed by atoms with Gasteiger partial charge in [0.25, 0.3) is 5.91 Å². The van der Waals surface area contributed by atoms with Gasteiger partial charge in [-0.1, -0.05) is 42.9 Å². The molecule has 0 saturated carbocycles. The highest BCUT2D eigenvalue weighted by Crippen LogP contribution is 2.32. The SMILES string of the molecule is CC(C)Cc1cc(C(=O)Nc2ncc(Cl)s2)n(Cc2ccc(F)c(C(F)(F)F)c2)c1. The number of nitrogens with one attached hydrogen (secondary N) is 1. The number of thiazole rings is 1. The zero-order valence-electron chi connectivity index (χ0n) is 16.1. The number of anilines is 1. The molecule has 1 amide bonds. The molecule has 0 bridgehead atoms. The lowest BCUT2D eigenvalue weighted by Gasteiger charge is -2.12. The largest absolute Gasteiger partial charge is 0.419 e. The van der Waals surface area contributed by atoms with E-state index in [0.717, 1.165) is 29.0 Å². The molecule has 1 N–H and O–H groups in total. The van der Waals surface area contributed by atoms with Crippen LogP contribution < -0.4 is 5.32 Å². The van der Waals surface area contributed by atoms with E-state index >= 15 is 0 Å². The number of hydrogen-bond donors (Lipinski definition) is 1. The minimum absolute atomic E-state index is 0.0250. The third-order valence-electron chi connectivity index (χ3n) is 4.22. The maximum absolute atomic E-state index is 13.6. The van der Waals surface area contributed by atoms with Gasteiger partial charge in [-0.05, 0) is 41.7 Å². The summed E-state index contributed by atoms with van der Waals surface area (Å²) in [7, 11) is 0. The second-order valence-corrected chi connectivity index (χ2v) is 8.86. The average Bonchev–Trinajstić information content (AvgIpc) is 3.21. The summed E-state index contributed by atoms with van der Waals surface area (Å²) >= 11 is 6.92. The maximum atomic E-state index is 13.6. The van der Waals surface area contributed by atoms with E-state index in [2.05, 4.69) is 10.3 Å². The van der Waals surface area contributed by atoms with E-state index in [9.17, 15) is 22.4 Å². The summed E-state index contributed by atoms with van der Waals surface area (Å²) in [5, 5.41) is 2.95. The van der Waals surface area contributed by atoms with Crippen molar-refractivity contribution in [1.29, 1.82) is 0 Å². The fourth-order valence-electron chi connectivity index (χ4n) is 3.03. The number of rotatable bonds is 6. The Bertz CT molecular complexity index is 1060. The molecule has 30 heavy (non-hydrogen) atoms. The third kappa shape index (κ3) is 5.40. The van der Waals surface area contributed by atoms with Gasteiger partial charge in [0.15, 0.2) is 5.13 Å². The van der Waals surface area contributed by atoms with Gasteiger partial charge < -0.3 is 4.57 Å². The fraction of sp³-hybridized carbons (Fsp3) is 0.300. The maximum Gasteiger partial charge on any atom is 0.419 e. The lowest BCUT2D eigenvalue weighted by Crippen LogP contribution is -2.17. The van der Waals surface area contributed by atoms with Crippen LogP contribution in [-0.4, -0.2) is 15.5 Å². The smallest absolute Gasteiger partial charge is 0.339 e. The molecule has 0 fully saturated rings. The Morgan fingerprint density at radius 3 is 2.60 bits per heavy atom. The zero-order chi connectivity index (χ0) is 22.1. The van der Waals surface area contributed by atoms with E-state index in [1.54, 1.807) is 16.8 Å². The van der Waals surface area contributed by atoms with Gasteiger partial charge in [-0.2, -0.15) is 13.2 Å². The molecule has 160 valence electrons. The van der Waals surface area contributed by atoms with Crippen LogP contribution in [0.5, 0.6) is 0 Å². The minimum atomic E-state index is -4.80. The zero-order valence-corrected chi connectivity index (χ0v) is 17.6.